The van der Waals surface area contributed by atoms with Crippen molar-refractivity contribution in [2.45, 2.75) is 64.3 Å². The molecule has 0 aliphatic heterocycles. The molecule has 0 aromatic carbocycles. The number of hydrogen-bond donors (Lipinski definition) is 3. The van der Waals surface area contributed by atoms with Crippen LogP contribution in [0.1, 0.15) is 58.3 Å². The van der Waals surface area contributed by atoms with Crippen LogP contribution >= 0.6 is 0 Å². The van der Waals surface area contributed by atoms with E-state index in [9.17, 15) is 9.59 Å². The third-order valence-corrected chi connectivity index (χ3v) is 3.50. The molecule has 0 heterocycles. The van der Waals surface area contributed by atoms with Crippen molar-refractivity contribution in [3.63, 3.8) is 0 Å². The van der Waals surface area contributed by atoms with E-state index >= 15 is 0 Å². The maximum atomic E-state index is 11.6. The zero-order valence-electron chi connectivity index (χ0n) is 11.8. The van der Waals surface area contributed by atoms with Crippen LogP contribution in [-0.4, -0.2) is 29.7 Å². The molecule has 3 N–H and O–H groups in total. The number of carboxylic acid groups (broad SMARTS) is 1. The molecule has 5 heteroatoms. The van der Waals surface area contributed by atoms with Gasteiger partial charge in [-0.05, 0) is 31.6 Å². The fourth-order valence-corrected chi connectivity index (χ4v) is 2.10. The number of carbonyl (C=O) groups is 2. The molecule has 1 aliphatic rings. The smallest absolute Gasteiger partial charge is 0.315 e. The van der Waals surface area contributed by atoms with Crippen molar-refractivity contribution in [1.29, 1.82) is 0 Å². The molecule has 2 amide bonds. The highest BCUT2D eigenvalue weighted by molar-refractivity contribution is 5.74. The minimum Gasteiger partial charge on any atom is -0.481 e. The quantitative estimate of drug-likeness (QED) is 0.534. The van der Waals surface area contributed by atoms with Crippen molar-refractivity contribution < 1.29 is 14.7 Å². The van der Waals surface area contributed by atoms with E-state index < -0.39 is 5.97 Å². The second-order valence-corrected chi connectivity index (χ2v) is 5.39. The number of carbonyl (C=O) groups excluding carboxylic acids is 1. The lowest BCUT2D eigenvalue weighted by Gasteiger charge is -2.17. The Morgan fingerprint density at radius 3 is 2.58 bits per heavy atom. The number of urea groups is 1. The Bertz CT molecular complexity index is 290. The molecule has 0 radical (unpaired) electrons. The lowest BCUT2D eigenvalue weighted by Crippen LogP contribution is -2.42. The van der Waals surface area contributed by atoms with Crippen molar-refractivity contribution >= 4 is 12.0 Å². The summed E-state index contributed by atoms with van der Waals surface area (Å²) in [6.07, 6.45) is 7.26. The first-order valence-electron chi connectivity index (χ1n) is 7.38. The molecule has 0 spiro atoms. The van der Waals surface area contributed by atoms with Crippen LogP contribution < -0.4 is 10.6 Å². The molecule has 19 heavy (non-hydrogen) atoms. The van der Waals surface area contributed by atoms with Crippen molar-refractivity contribution in [3.05, 3.63) is 0 Å². The summed E-state index contributed by atoms with van der Waals surface area (Å²) in [6.45, 7) is 2.71. The molecule has 1 unspecified atom stereocenters. The molecule has 0 saturated heterocycles. The van der Waals surface area contributed by atoms with Gasteiger partial charge in [0, 0.05) is 19.0 Å². The van der Waals surface area contributed by atoms with Crippen LogP contribution in [0.4, 0.5) is 4.79 Å². The predicted molar refractivity (Wildman–Crippen MR) is 74.1 cm³/mol. The van der Waals surface area contributed by atoms with Crippen molar-refractivity contribution in [2.24, 2.45) is 5.92 Å². The molecular formula is C14H26N2O3. The van der Waals surface area contributed by atoms with E-state index in [2.05, 4.69) is 17.6 Å². The highest BCUT2D eigenvalue weighted by Gasteiger charge is 2.25. The molecule has 0 aromatic heterocycles. The summed E-state index contributed by atoms with van der Waals surface area (Å²) in [5.41, 5.74) is 0. The van der Waals surface area contributed by atoms with Gasteiger partial charge in [0.15, 0.2) is 0 Å². The van der Waals surface area contributed by atoms with E-state index in [1.54, 1.807) is 0 Å². The Morgan fingerprint density at radius 1 is 1.26 bits per heavy atom. The fraction of sp³-hybridized carbons (Fsp3) is 0.857. The number of carboxylic acids is 1. The molecule has 0 bridgehead atoms. The Labute approximate surface area is 115 Å². The van der Waals surface area contributed by atoms with Gasteiger partial charge in [0.1, 0.15) is 0 Å². The molecule has 5 nitrogen and oxygen atoms in total. The van der Waals surface area contributed by atoms with Crippen LogP contribution in [0.25, 0.3) is 0 Å². The largest absolute Gasteiger partial charge is 0.481 e. The highest BCUT2D eigenvalue weighted by atomic mass is 16.4. The maximum absolute atomic E-state index is 11.6. The third-order valence-electron chi connectivity index (χ3n) is 3.50. The van der Waals surface area contributed by atoms with Crippen LogP contribution in [0.15, 0.2) is 0 Å². The SMILES string of the molecule is CCC(CC1CC1)NC(=O)NCCCCCC(=O)O. The highest BCUT2D eigenvalue weighted by Crippen LogP contribution is 2.33. The predicted octanol–water partition coefficient (Wildman–Crippen LogP) is 2.51. The fourth-order valence-electron chi connectivity index (χ4n) is 2.10. The average Bonchev–Trinajstić information content (AvgIpc) is 3.16. The first-order chi connectivity index (χ1) is 9.11. The lowest BCUT2D eigenvalue weighted by atomic mass is 10.1. The van der Waals surface area contributed by atoms with E-state index in [-0.39, 0.29) is 12.5 Å². The normalized spacial score (nSPS) is 15.8. The van der Waals surface area contributed by atoms with Gasteiger partial charge in [0.2, 0.25) is 0 Å². The molecule has 110 valence electrons. The van der Waals surface area contributed by atoms with Crippen molar-refractivity contribution in [2.75, 3.05) is 6.54 Å². The van der Waals surface area contributed by atoms with Crippen LogP contribution in [-0.2, 0) is 4.79 Å². The van der Waals surface area contributed by atoms with Gasteiger partial charge in [0.05, 0.1) is 0 Å². The first-order valence-corrected chi connectivity index (χ1v) is 7.38. The number of amides is 2. The average molecular weight is 270 g/mol. The van der Waals surface area contributed by atoms with E-state index in [0.29, 0.717) is 19.0 Å². The van der Waals surface area contributed by atoms with Gasteiger partial charge in [-0.3, -0.25) is 4.79 Å². The maximum Gasteiger partial charge on any atom is 0.315 e. The second kappa shape index (κ2) is 8.77. The summed E-state index contributed by atoms with van der Waals surface area (Å²) in [4.78, 5) is 21.9. The van der Waals surface area contributed by atoms with Crippen LogP contribution in [0.3, 0.4) is 0 Å². The van der Waals surface area contributed by atoms with Gasteiger partial charge in [-0.2, -0.15) is 0 Å². The Kier molecular flexibility index (Phi) is 7.30. The monoisotopic (exact) mass is 270 g/mol. The van der Waals surface area contributed by atoms with E-state index in [1.807, 2.05) is 0 Å². The van der Waals surface area contributed by atoms with Gasteiger partial charge in [0.25, 0.3) is 0 Å². The second-order valence-electron chi connectivity index (χ2n) is 5.39. The third kappa shape index (κ3) is 8.46. The van der Waals surface area contributed by atoms with E-state index in [0.717, 1.165) is 31.6 Å². The Morgan fingerprint density at radius 2 is 2.00 bits per heavy atom. The number of hydrogen-bond acceptors (Lipinski definition) is 2. The van der Waals surface area contributed by atoms with Crippen LogP contribution in [0.2, 0.25) is 0 Å². The Balaban J connectivity index is 1.98. The molecule has 1 aliphatic carbocycles. The summed E-state index contributed by atoms with van der Waals surface area (Å²) < 4.78 is 0. The molecule has 1 rings (SSSR count). The van der Waals surface area contributed by atoms with E-state index in [1.165, 1.54) is 12.8 Å². The van der Waals surface area contributed by atoms with Crippen LogP contribution in [0, 0.1) is 5.92 Å². The number of rotatable bonds is 10. The lowest BCUT2D eigenvalue weighted by molar-refractivity contribution is -0.137. The van der Waals surface area contributed by atoms with Crippen molar-refractivity contribution in [3.8, 4) is 0 Å². The molecule has 1 atom stereocenters. The topological polar surface area (TPSA) is 78.4 Å². The van der Waals surface area contributed by atoms with Crippen molar-refractivity contribution in [1.82, 2.24) is 10.6 Å². The number of unbranched alkanes of at least 4 members (excludes halogenated alkanes) is 2. The number of aliphatic carboxylic acids is 1. The first kappa shape index (κ1) is 15.8. The summed E-state index contributed by atoms with van der Waals surface area (Å²) in [6, 6.07) is 0.199. The van der Waals surface area contributed by atoms with Gasteiger partial charge in [-0.1, -0.05) is 26.2 Å². The Hall–Kier alpha value is -1.26. The minimum atomic E-state index is -0.753. The molecule has 1 saturated carbocycles. The number of nitrogens with one attached hydrogen (secondary N) is 2. The zero-order chi connectivity index (χ0) is 14.1. The van der Waals surface area contributed by atoms with Gasteiger partial charge >= 0.3 is 12.0 Å². The van der Waals surface area contributed by atoms with Gasteiger partial charge < -0.3 is 15.7 Å². The van der Waals surface area contributed by atoms with Gasteiger partial charge in [-0.15, -0.1) is 0 Å². The molecular weight excluding hydrogens is 244 g/mol. The standard InChI is InChI=1S/C14H26N2O3/c1-2-12(10-11-7-8-11)16-14(19)15-9-5-3-4-6-13(17)18/h11-12H,2-10H2,1H3,(H,17,18)(H2,15,16,19). The summed E-state index contributed by atoms with van der Waals surface area (Å²) >= 11 is 0. The van der Waals surface area contributed by atoms with Gasteiger partial charge in [-0.25, -0.2) is 4.79 Å². The molecule has 0 aromatic rings. The zero-order valence-corrected chi connectivity index (χ0v) is 11.8. The van der Waals surface area contributed by atoms with Crippen LogP contribution in [0.5, 0.6) is 0 Å². The van der Waals surface area contributed by atoms with E-state index in [4.69, 9.17) is 5.11 Å². The summed E-state index contributed by atoms with van der Waals surface area (Å²) in [5, 5.41) is 14.3. The summed E-state index contributed by atoms with van der Waals surface area (Å²) in [5.74, 6) is 0.0674. The molecule has 1 fully saturated rings. The minimum absolute atomic E-state index is 0.0919. The summed E-state index contributed by atoms with van der Waals surface area (Å²) in [7, 11) is 0.